The molecular formula is C21H22N2O5S. The van der Waals surface area contributed by atoms with E-state index < -0.39 is 21.6 Å². The maximum atomic E-state index is 12.8. The molecule has 8 heteroatoms. The van der Waals surface area contributed by atoms with Crippen LogP contribution >= 0.6 is 0 Å². The van der Waals surface area contributed by atoms with Gasteiger partial charge in [0.1, 0.15) is 11.1 Å². The van der Waals surface area contributed by atoms with E-state index in [0.29, 0.717) is 35.3 Å². The number of aryl methyl sites for hydroxylation is 1. The number of carbonyl (C=O) groups excluding carboxylic acids is 1. The summed E-state index contributed by atoms with van der Waals surface area (Å²) in [5.74, 6) is -0.662. The lowest BCUT2D eigenvalue weighted by Crippen LogP contribution is -2.30. The lowest BCUT2D eigenvalue weighted by molar-refractivity contribution is 0.102. The highest BCUT2D eigenvalue weighted by atomic mass is 32.2. The van der Waals surface area contributed by atoms with Gasteiger partial charge in [-0.1, -0.05) is 38.1 Å². The molecule has 0 saturated carbocycles. The van der Waals surface area contributed by atoms with Crippen molar-refractivity contribution in [2.24, 2.45) is 0 Å². The highest BCUT2D eigenvalue weighted by Gasteiger charge is 2.23. The van der Waals surface area contributed by atoms with Gasteiger partial charge in [0.25, 0.3) is 5.91 Å². The Balaban J connectivity index is 1.97. The molecule has 29 heavy (non-hydrogen) atoms. The zero-order chi connectivity index (χ0) is 21.2. The second kappa shape index (κ2) is 8.18. The van der Waals surface area contributed by atoms with Gasteiger partial charge in [0.2, 0.25) is 10.0 Å². The highest BCUT2D eigenvalue weighted by Crippen LogP contribution is 2.23. The molecule has 1 aromatic heterocycles. The molecule has 3 rings (SSSR count). The van der Waals surface area contributed by atoms with Gasteiger partial charge in [-0.3, -0.25) is 4.79 Å². The van der Waals surface area contributed by atoms with Gasteiger partial charge in [-0.05, 0) is 36.8 Å². The van der Waals surface area contributed by atoms with E-state index in [1.165, 1.54) is 22.5 Å². The van der Waals surface area contributed by atoms with Gasteiger partial charge in [-0.15, -0.1) is 0 Å². The van der Waals surface area contributed by atoms with E-state index in [1.807, 2.05) is 0 Å². The van der Waals surface area contributed by atoms with Crippen molar-refractivity contribution < 1.29 is 17.6 Å². The highest BCUT2D eigenvalue weighted by molar-refractivity contribution is 7.89. The molecule has 1 N–H and O–H groups in total. The summed E-state index contributed by atoms with van der Waals surface area (Å²) in [5, 5.41) is 3.26. The Morgan fingerprint density at radius 3 is 2.45 bits per heavy atom. The summed E-state index contributed by atoms with van der Waals surface area (Å²) in [4.78, 5) is 25.0. The van der Waals surface area contributed by atoms with E-state index in [1.54, 1.807) is 51.1 Å². The molecule has 3 aromatic rings. The van der Waals surface area contributed by atoms with Crippen molar-refractivity contribution >= 4 is 32.6 Å². The quantitative estimate of drug-likeness (QED) is 0.624. The van der Waals surface area contributed by atoms with Crippen molar-refractivity contribution in [1.82, 2.24) is 4.31 Å². The maximum Gasteiger partial charge on any atom is 0.349 e. The second-order valence-electron chi connectivity index (χ2n) is 6.51. The summed E-state index contributed by atoms with van der Waals surface area (Å²) in [5.41, 5.74) is 0.459. The Morgan fingerprint density at radius 2 is 1.76 bits per heavy atom. The number of para-hydroxylation sites is 1. The zero-order valence-corrected chi connectivity index (χ0v) is 17.2. The SMILES string of the molecule is CCN(CC)S(=O)(=O)c1ccc(C)c(NC(=O)c2cc3ccccc3oc2=O)c1. The van der Waals surface area contributed by atoms with Crippen LogP contribution < -0.4 is 10.9 Å². The summed E-state index contributed by atoms with van der Waals surface area (Å²) in [6, 6.07) is 12.9. The summed E-state index contributed by atoms with van der Waals surface area (Å²) < 4.78 is 32.1. The molecule has 0 bridgehead atoms. The van der Waals surface area contributed by atoms with Crippen molar-refractivity contribution in [3.63, 3.8) is 0 Å². The molecule has 2 aromatic carbocycles. The van der Waals surface area contributed by atoms with Crippen molar-refractivity contribution in [1.29, 1.82) is 0 Å². The topological polar surface area (TPSA) is 96.7 Å². The smallest absolute Gasteiger partial charge is 0.349 e. The van der Waals surface area contributed by atoms with Gasteiger partial charge >= 0.3 is 5.63 Å². The van der Waals surface area contributed by atoms with Crippen LogP contribution in [0.4, 0.5) is 5.69 Å². The van der Waals surface area contributed by atoms with E-state index in [4.69, 9.17) is 4.42 Å². The van der Waals surface area contributed by atoms with E-state index in [9.17, 15) is 18.0 Å². The summed E-state index contributed by atoms with van der Waals surface area (Å²) >= 11 is 0. The van der Waals surface area contributed by atoms with Gasteiger partial charge < -0.3 is 9.73 Å². The third kappa shape index (κ3) is 4.08. The van der Waals surface area contributed by atoms with Gasteiger partial charge in [-0.2, -0.15) is 4.31 Å². The fraction of sp³-hybridized carbons (Fsp3) is 0.238. The zero-order valence-electron chi connectivity index (χ0n) is 16.4. The van der Waals surface area contributed by atoms with Crippen LogP contribution in [0, 0.1) is 6.92 Å². The van der Waals surface area contributed by atoms with Crippen molar-refractivity contribution in [2.45, 2.75) is 25.7 Å². The van der Waals surface area contributed by atoms with Crippen LogP contribution in [-0.4, -0.2) is 31.7 Å². The monoisotopic (exact) mass is 414 g/mol. The van der Waals surface area contributed by atoms with Gasteiger partial charge in [0.05, 0.1) is 4.90 Å². The van der Waals surface area contributed by atoms with Crippen LogP contribution in [0.1, 0.15) is 29.8 Å². The van der Waals surface area contributed by atoms with Crippen molar-refractivity contribution in [3.05, 3.63) is 70.1 Å². The second-order valence-corrected chi connectivity index (χ2v) is 8.44. The molecular weight excluding hydrogens is 392 g/mol. The molecule has 0 unspecified atom stereocenters. The van der Waals surface area contributed by atoms with E-state index >= 15 is 0 Å². The molecule has 0 fully saturated rings. The Labute approximate surface area is 169 Å². The fourth-order valence-corrected chi connectivity index (χ4v) is 4.50. The first kappa shape index (κ1) is 20.8. The van der Waals surface area contributed by atoms with Crippen molar-refractivity contribution in [3.8, 4) is 0 Å². The molecule has 1 heterocycles. The largest absolute Gasteiger partial charge is 0.422 e. The normalized spacial score (nSPS) is 11.7. The summed E-state index contributed by atoms with van der Waals surface area (Å²) in [6.45, 7) is 5.94. The Kier molecular flexibility index (Phi) is 5.86. The number of carbonyl (C=O) groups is 1. The Morgan fingerprint density at radius 1 is 1.07 bits per heavy atom. The minimum Gasteiger partial charge on any atom is -0.422 e. The lowest BCUT2D eigenvalue weighted by atomic mass is 10.1. The summed E-state index contributed by atoms with van der Waals surface area (Å²) in [7, 11) is -3.68. The van der Waals surface area contributed by atoms with Crippen LogP contribution in [0.15, 0.2) is 62.6 Å². The van der Waals surface area contributed by atoms with E-state index in [0.717, 1.165) is 0 Å². The number of fused-ring (bicyclic) bond motifs is 1. The molecule has 7 nitrogen and oxygen atoms in total. The van der Waals surface area contributed by atoms with Crippen LogP contribution in [0.5, 0.6) is 0 Å². The molecule has 0 aliphatic rings. The average Bonchev–Trinajstić information content (AvgIpc) is 2.69. The summed E-state index contributed by atoms with van der Waals surface area (Å²) in [6.07, 6.45) is 0. The maximum absolute atomic E-state index is 12.8. The molecule has 0 aliphatic carbocycles. The number of benzene rings is 2. The molecule has 152 valence electrons. The van der Waals surface area contributed by atoms with Crippen LogP contribution in [0.3, 0.4) is 0 Å². The predicted octanol–water partition coefficient (Wildman–Crippen LogP) is 3.38. The third-order valence-electron chi connectivity index (χ3n) is 4.69. The standard InChI is InChI=1S/C21H22N2O5S/c1-4-23(5-2)29(26,27)16-11-10-14(3)18(13-16)22-20(24)17-12-15-8-6-7-9-19(15)28-21(17)25/h6-13H,4-5H2,1-3H3,(H,22,24). The number of rotatable bonds is 6. The van der Waals surface area contributed by atoms with Crippen LogP contribution in [-0.2, 0) is 10.0 Å². The van der Waals surface area contributed by atoms with Gasteiger partial charge in [-0.25, -0.2) is 13.2 Å². The van der Waals surface area contributed by atoms with Crippen LogP contribution in [0.25, 0.3) is 11.0 Å². The molecule has 0 atom stereocenters. The third-order valence-corrected chi connectivity index (χ3v) is 6.73. The average molecular weight is 414 g/mol. The first-order chi connectivity index (χ1) is 13.8. The van der Waals surface area contributed by atoms with E-state index in [2.05, 4.69) is 5.32 Å². The molecule has 0 aliphatic heterocycles. The number of anilines is 1. The first-order valence-electron chi connectivity index (χ1n) is 9.23. The Hall–Kier alpha value is -2.97. The fourth-order valence-electron chi connectivity index (χ4n) is 3.02. The number of hydrogen-bond donors (Lipinski definition) is 1. The molecule has 1 amide bonds. The van der Waals surface area contributed by atoms with Gasteiger partial charge in [0.15, 0.2) is 0 Å². The molecule has 0 spiro atoms. The van der Waals surface area contributed by atoms with Crippen LogP contribution in [0.2, 0.25) is 0 Å². The Bertz CT molecular complexity index is 1230. The first-order valence-corrected chi connectivity index (χ1v) is 10.7. The van der Waals surface area contributed by atoms with E-state index in [-0.39, 0.29) is 10.5 Å². The number of hydrogen-bond acceptors (Lipinski definition) is 5. The number of nitrogens with one attached hydrogen (secondary N) is 1. The molecule has 0 saturated heterocycles. The minimum atomic E-state index is -3.68. The van der Waals surface area contributed by atoms with Crippen molar-refractivity contribution in [2.75, 3.05) is 18.4 Å². The number of sulfonamides is 1. The lowest BCUT2D eigenvalue weighted by Gasteiger charge is -2.19. The number of nitrogens with zero attached hydrogens (tertiary/aromatic N) is 1. The van der Waals surface area contributed by atoms with Gasteiger partial charge in [0, 0.05) is 24.2 Å². The molecule has 0 radical (unpaired) electrons. The predicted molar refractivity (Wildman–Crippen MR) is 112 cm³/mol. The minimum absolute atomic E-state index is 0.0765. The number of amides is 1.